The van der Waals surface area contributed by atoms with Gasteiger partial charge in [0.2, 0.25) is 5.56 Å². The van der Waals surface area contributed by atoms with E-state index in [0.717, 1.165) is 16.7 Å². The van der Waals surface area contributed by atoms with Gasteiger partial charge in [0.25, 0.3) is 5.91 Å². The van der Waals surface area contributed by atoms with E-state index in [9.17, 15) is 29.7 Å². The van der Waals surface area contributed by atoms with Gasteiger partial charge < -0.3 is 40.0 Å². The Morgan fingerprint density at radius 2 is 1.73 bits per heavy atom. The number of aromatic amines is 1. The Kier molecular flexibility index (Phi) is 15.2. The number of H-pyrrole nitrogens is 1. The first-order chi connectivity index (χ1) is 24.0. The van der Waals surface area contributed by atoms with Gasteiger partial charge in [-0.15, -0.1) is 24.8 Å². The number of aromatic nitrogens is 1. The second-order valence-corrected chi connectivity index (χ2v) is 12.0. The number of aliphatic hydroxyl groups is 1. The molecule has 6 N–H and O–H groups in total. The van der Waals surface area contributed by atoms with Crippen molar-refractivity contribution in [1.29, 1.82) is 0 Å². The molecule has 0 saturated carbocycles. The first-order valence-electron chi connectivity index (χ1n) is 15.7. The fourth-order valence-electron chi connectivity index (χ4n) is 5.52. The number of hydrogen-bond donors (Lipinski definition) is 6. The van der Waals surface area contributed by atoms with Crippen LogP contribution in [0.15, 0.2) is 89.7 Å². The highest BCUT2D eigenvalue weighted by atomic mass is 35.5. The standard InChI is InChI=1S/C37H37ClN4O8.2ClH/c1-42(15-14-22-8-9-25(23-6-4-3-5-7-23)29(16-22)40-37(47)48)35(46)21-50-33-18-32(49-2)24(17-28(33)38)19-39-20-31(44)26-10-12-30(43)36-27(26)11-13-34(45)41-36;;/h3-13,16-18,31,39-40,43-44H,14-15,19-21H2,1-2H3,(H,41,45)(H,47,48);2*1H. The van der Waals surface area contributed by atoms with Gasteiger partial charge in [0.05, 0.1) is 29.4 Å². The van der Waals surface area contributed by atoms with E-state index < -0.39 is 12.2 Å². The third-order valence-corrected chi connectivity index (χ3v) is 8.47. The van der Waals surface area contributed by atoms with E-state index in [1.54, 1.807) is 37.4 Å². The van der Waals surface area contributed by atoms with Crippen LogP contribution in [0.4, 0.5) is 10.5 Å². The number of aliphatic hydroxyl groups excluding tert-OH is 1. The van der Waals surface area contributed by atoms with Crippen molar-refractivity contribution >= 4 is 65.0 Å². The number of anilines is 1. The number of methoxy groups -OCH3 is 1. The summed E-state index contributed by atoms with van der Waals surface area (Å²) in [5.74, 6) is 0.354. The summed E-state index contributed by atoms with van der Waals surface area (Å²) in [5, 5.41) is 36.8. The summed E-state index contributed by atoms with van der Waals surface area (Å²) in [5.41, 5.74) is 4.06. The highest BCUT2D eigenvalue weighted by Crippen LogP contribution is 2.34. The van der Waals surface area contributed by atoms with Crippen LogP contribution in [-0.2, 0) is 17.8 Å². The summed E-state index contributed by atoms with van der Waals surface area (Å²) in [4.78, 5) is 40.2. The fraction of sp³-hybridized carbons (Fsp3) is 0.216. The van der Waals surface area contributed by atoms with Gasteiger partial charge in [-0.05, 0) is 47.4 Å². The molecule has 4 aromatic carbocycles. The number of benzene rings is 4. The van der Waals surface area contributed by atoms with Gasteiger partial charge in [-0.2, -0.15) is 0 Å². The van der Waals surface area contributed by atoms with Crippen LogP contribution in [0, 0.1) is 0 Å². The van der Waals surface area contributed by atoms with E-state index in [-0.39, 0.29) is 78.0 Å². The zero-order valence-corrected chi connectivity index (χ0v) is 30.6. The third kappa shape index (κ3) is 10.3. The number of phenolic OH excluding ortho intramolecular Hbond substituents is 1. The summed E-state index contributed by atoms with van der Waals surface area (Å²) in [6, 6.07) is 24.2. The molecule has 0 aliphatic carbocycles. The number of carboxylic acid groups (broad SMARTS) is 1. The number of fused-ring (bicyclic) bond motifs is 1. The Bertz CT molecular complexity index is 2060. The van der Waals surface area contributed by atoms with Crippen molar-refractivity contribution in [1.82, 2.24) is 15.2 Å². The predicted octanol–water partition coefficient (Wildman–Crippen LogP) is 6.40. The van der Waals surface area contributed by atoms with E-state index in [4.69, 9.17) is 21.1 Å². The molecular weight excluding hydrogens is 735 g/mol. The van der Waals surface area contributed by atoms with Crippen molar-refractivity contribution in [2.45, 2.75) is 19.1 Å². The number of rotatable bonds is 14. The summed E-state index contributed by atoms with van der Waals surface area (Å²) < 4.78 is 11.3. The summed E-state index contributed by atoms with van der Waals surface area (Å²) >= 11 is 6.52. The van der Waals surface area contributed by atoms with Gasteiger partial charge in [-0.1, -0.05) is 60.1 Å². The van der Waals surface area contributed by atoms with Gasteiger partial charge in [-0.25, -0.2) is 4.79 Å². The number of halogens is 3. The van der Waals surface area contributed by atoms with Crippen LogP contribution in [0.1, 0.15) is 22.8 Å². The topological polar surface area (TPSA) is 173 Å². The molecule has 0 spiro atoms. The molecule has 0 bridgehead atoms. The molecule has 276 valence electrons. The maximum absolute atomic E-state index is 12.9. The molecule has 2 amide bonds. The average Bonchev–Trinajstić information content (AvgIpc) is 3.10. The third-order valence-electron chi connectivity index (χ3n) is 8.18. The molecule has 52 heavy (non-hydrogen) atoms. The van der Waals surface area contributed by atoms with Crippen molar-refractivity contribution in [3.8, 4) is 28.4 Å². The van der Waals surface area contributed by atoms with Crippen LogP contribution in [0.2, 0.25) is 5.02 Å². The second-order valence-electron chi connectivity index (χ2n) is 11.6. The number of likely N-dealkylation sites (N-methyl/N-ethyl adjacent to an activating group) is 1. The van der Waals surface area contributed by atoms with Crippen molar-refractivity contribution in [2.75, 3.05) is 39.2 Å². The lowest BCUT2D eigenvalue weighted by Crippen LogP contribution is -2.33. The number of carbonyl (C=O) groups is 2. The number of carbonyl (C=O) groups excluding carboxylic acids is 1. The largest absolute Gasteiger partial charge is 0.506 e. The average molecular weight is 774 g/mol. The van der Waals surface area contributed by atoms with Gasteiger partial charge in [-0.3, -0.25) is 14.9 Å². The highest BCUT2D eigenvalue weighted by Gasteiger charge is 2.17. The minimum Gasteiger partial charge on any atom is -0.506 e. The van der Waals surface area contributed by atoms with Gasteiger partial charge in [0, 0.05) is 55.3 Å². The molecule has 15 heteroatoms. The number of pyridine rings is 1. The Hall–Kier alpha value is -4.98. The fourth-order valence-corrected chi connectivity index (χ4v) is 5.76. The number of phenols is 1. The van der Waals surface area contributed by atoms with Crippen molar-refractivity contribution in [2.24, 2.45) is 0 Å². The van der Waals surface area contributed by atoms with Crippen LogP contribution >= 0.6 is 36.4 Å². The molecule has 12 nitrogen and oxygen atoms in total. The van der Waals surface area contributed by atoms with Crippen LogP contribution in [-0.4, -0.2) is 71.1 Å². The predicted molar refractivity (Wildman–Crippen MR) is 206 cm³/mol. The molecule has 0 aliphatic rings. The molecule has 1 heterocycles. The Morgan fingerprint density at radius 1 is 0.981 bits per heavy atom. The maximum atomic E-state index is 12.9. The van der Waals surface area contributed by atoms with Crippen molar-refractivity contribution in [3.63, 3.8) is 0 Å². The molecular formula is C37H39Cl3N4O8. The number of nitrogens with zero attached hydrogens (tertiary/aromatic N) is 1. The monoisotopic (exact) mass is 772 g/mol. The maximum Gasteiger partial charge on any atom is 0.409 e. The molecule has 1 aromatic heterocycles. The molecule has 5 rings (SSSR count). The van der Waals surface area contributed by atoms with Crippen molar-refractivity contribution in [3.05, 3.63) is 117 Å². The number of aromatic hydroxyl groups is 1. The van der Waals surface area contributed by atoms with Crippen LogP contribution in [0.25, 0.3) is 22.0 Å². The minimum atomic E-state index is -1.16. The van der Waals surface area contributed by atoms with Gasteiger partial charge >= 0.3 is 6.09 Å². The Labute approximate surface area is 317 Å². The molecule has 0 saturated heterocycles. The van der Waals surface area contributed by atoms with E-state index >= 15 is 0 Å². The number of amides is 2. The molecule has 1 atom stereocenters. The molecule has 1 unspecified atom stereocenters. The zero-order valence-electron chi connectivity index (χ0n) is 28.2. The van der Waals surface area contributed by atoms with Gasteiger partial charge in [0.1, 0.15) is 17.2 Å². The normalized spacial score (nSPS) is 11.2. The number of ether oxygens (including phenoxy) is 2. The molecule has 0 aliphatic heterocycles. The number of nitrogens with one attached hydrogen (secondary N) is 3. The lowest BCUT2D eigenvalue weighted by atomic mass is 10.00. The second kappa shape index (κ2) is 19.0. The Morgan fingerprint density at radius 3 is 2.44 bits per heavy atom. The smallest absolute Gasteiger partial charge is 0.409 e. The first-order valence-corrected chi connectivity index (χ1v) is 16.1. The lowest BCUT2D eigenvalue weighted by molar-refractivity contribution is -0.132. The number of hydrogen-bond acceptors (Lipinski definition) is 8. The molecule has 0 fully saturated rings. The van der Waals surface area contributed by atoms with Crippen molar-refractivity contribution < 1.29 is 34.4 Å². The minimum absolute atomic E-state index is 0. The van der Waals surface area contributed by atoms with Crippen LogP contribution in [0.3, 0.4) is 0 Å². The van der Waals surface area contributed by atoms with Crippen LogP contribution in [0.5, 0.6) is 17.2 Å². The van der Waals surface area contributed by atoms with E-state index in [1.807, 2.05) is 42.5 Å². The quantitative estimate of drug-likeness (QED) is 0.0747. The highest BCUT2D eigenvalue weighted by molar-refractivity contribution is 6.32. The molecule has 5 aromatic rings. The summed E-state index contributed by atoms with van der Waals surface area (Å²) in [6.45, 7) is 0.525. The van der Waals surface area contributed by atoms with Gasteiger partial charge in [0.15, 0.2) is 6.61 Å². The van der Waals surface area contributed by atoms with E-state index in [2.05, 4.69) is 15.6 Å². The van der Waals surface area contributed by atoms with E-state index in [0.29, 0.717) is 40.9 Å². The summed E-state index contributed by atoms with van der Waals surface area (Å²) in [7, 11) is 3.16. The lowest BCUT2D eigenvalue weighted by Gasteiger charge is -2.19. The summed E-state index contributed by atoms with van der Waals surface area (Å²) in [6.07, 6.45) is -1.63. The zero-order chi connectivity index (χ0) is 35.8. The SMILES string of the molecule is COc1cc(OCC(=O)N(C)CCc2ccc(-c3ccccc3)c(NC(=O)O)c2)c(Cl)cc1CNCC(O)c1ccc(O)c2[nH]c(=O)ccc12.Cl.Cl. The molecule has 0 radical (unpaired) electrons. The van der Waals surface area contributed by atoms with Crippen LogP contribution < -0.4 is 25.7 Å². The Balaban J connectivity index is 0.00000364. The first kappa shape index (κ1) is 41.4. The van der Waals surface area contributed by atoms with E-state index in [1.165, 1.54) is 24.1 Å².